The van der Waals surface area contributed by atoms with Crippen molar-refractivity contribution >= 4 is 17.4 Å². The molecule has 2 N–H and O–H groups in total. The van der Waals surface area contributed by atoms with Crippen LogP contribution in [-0.4, -0.2) is 38.3 Å². The summed E-state index contributed by atoms with van der Waals surface area (Å²) in [6.07, 6.45) is 5.69. The lowest BCUT2D eigenvalue weighted by atomic mass is 9.95. The number of benzene rings is 1. The van der Waals surface area contributed by atoms with Gasteiger partial charge in [0.1, 0.15) is 11.5 Å². The summed E-state index contributed by atoms with van der Waals surface area (Å²) in [5.74, 6) is -1.54. The summed E-state index contributed by atoms with van der Waals surface area (Å²) in [6, 6.07) is 8.87. The molecule has 1 amide bonds. The fraction of sp³-hybridized carbons (Fsp3) is 0.286. The first-order valence-electron chi connectivity index (χ1n) is 9.02. The molecule has 1 fully saturated rings. The van der Waals surface area contributed by atoms with Gasteiger partial charge in [-0.25, -0.2) is 0 Å². The molecule has 27 heavy (non-hydrogen) atoms. The molecule has 1 saturated heterocycles. The van der Waals surface area contributed by atoms with Crippen molar-refractivity contribution in [2.45, 2.75) is 32.2 Å². The number of pyridine rings is 1. The zero-order valence-electron chi connectivity index (χ0n) is 15.1. The summed E-state index contributed by atoms with van der Waals surface area (Å²) in [5.41, 5.74) is 1.04. The molecule has 1 atom stereocenters. The number of hydrogen-bond acceptors (Lipinski definition) is 5. The standard InChI is InChI=1S/C21H22N2O4/c1-2-3-4-12-23-18(15-6-5-7-16(24)13-15)17(20(26)21(23)27)19(25)14-8-10-22-11-9-14/h5-11,13,18,24-25H,2-4,12H2,1H3/b19-17-. The zero-order chi connectivity index (χ0) is 19.4. The molecule has 1 aromatic heterocycles. The van der Waals surface area contributed by atoms with Crippen LogP contribution < -0.4 is 0 Å². The van der Waals surface area contributed by atoms with Crippen LogP contribution in [0.25, 0.3) is 5.76 Å². The topological polar surface area (TPSA) is 90.7 Å². The maximum absolute atomic E-state index is 12.7. The summed E-state index contributed by atoms with van der Waals surface area (Å²) in [7, 11) is 0. The van der Waals surface area contributed by atoms with Crippen LogP contribution >= 0.6 is 0 Å². The van der Waals surface area contributed by atoms with Gasteiger partial charge in [-0.15, -0.1) is 0 Å². The molecule has 0 radical (unpaired) electrons. The van der Waals surface area contributed by atoms with E-state index in [4.69, 9.17) is 0 Å². The lowest BCUT2D eigenvalue weighted by molar-refractivity contribution is -0.139. The number of carbonyl (C=O) groups is 2. The average molecular weight is 366 g/mol. The monoisotopic (exact) mass is 366 g/mol. The van der Waals surface area contributed by atoms with E-state index in [-0.39, 0.29) is 17.1 Å². The van der Waals surface area contributed by atoms with Crippen LogP contribution in [0.5, 0.6) is 5.75 Å². The third-order valence-corrected chi connectivity index (χ3v) is 4.68. The maximum atomic E-state index is 12.7. The number of aliphatic hydroxyl groups is 1. The Labute approximate surface area is 157 Å². The van der Waals surface area contributed by atoms with Crippen molar-refractivity contribution in [3.8, 4) is 5.75 Å². The number of aliphatic hydroxyl groups excluding tert-OH is 1. The quantitative estimate of drug-likeness (QED) is 0.354. The number of ketones is 1. The van der Waals surface area contributed by atoms with Crippen LogP contribution in [0, 0.1) is 0 Å². The Bertz CT molecular complexity index is 877. The van der Waals surface area contributed by atoms with Crippen LogP contribution in [0.1, 0.15) is 43.4 Å². The largest absolute Gasteiger partial charge is 0.508 e. The van der Waals surface area contributed by atoms with Gasteiger partial charge >= 0.3 is 0 Å². The number of phenols is 1. The Balaban J connectivity index is 2.12. The Morgan fingerprint density at radius 2 is 1.89 bits per heavy atom. The highest BCUT2D eigenvalue weighted by atomic mass is 16.3. The van der Waals surface area contributed by atoms with E-state index in [0.29, 0.717) is 17.7 Å². The fourth-order valence-electron chi connectivity index (χ4n) is 3.35. The highest BCUT2D eigenvalue weighted by Gasteiger charge is 2.45. The summed E-state index contributed by atoms with van der Waals surface area (Å²) in [5, 5.41) is 20.7. The molecule has 0 spiro atoms. The lowest BCUT2D eigenvalue weighted by Crippen LogP contribution is -2.30. The molecule has 3 rings (SSSR count). The molecular weight excluding hydrogens is 344 g/mol. The van der Waals surface area contributed by atoms with Crippen molar-refractivity contribution in [1.29, 1.82) is 0 Å². The number of aromatic hydroxyl groups is 1. The second-order valence-corrected chi connectivity index (χ2v) is 6.53. The molecule has 6 nitrogen and oxygen atoms in total. The zero-order valence-corrected chi connectivity index (χ0v) is 15.1. The van der Waals surface area contributed by atoms with Crippen molar-refractivity contribution in [2.75, 3.05) is 6.54 Å². The molecular formula is C21H22N2O4. The second kappa shape index (κ2) is 8.03. The number of likely N-dealkylation sites (tertiary alicyclic amines) is 1. The number of nitrogens with zero attached hydrogens (tertiary/aromatic N) is 2. The van der Waals surface area contributed by atoms with E-state index in [1.807, 2.05) is 0 Å². The highest BCUT2D eigenvalue weighted by molar-refractivity contribution is 6.46. The number of phenolic OH excluding ortho intramolecular Hbond substituents is 1. The first-order valence-corrected chi connectivity index (χ1v) is 9.02. The van der Waals surface area contributed by atoms with E-state index >= 15 is 0 Å². The number of Topliss-reactive ketones (excluding diaryl/α,β-unsaturated/α-hetero) is 1. The summed E-state index contributed by atoms with van der Waals surface area (Å²) >= 11 is 0. The Kier molecular flexibility index (Phi) is 5.54. The molecule has 2 heterocycles. The lowest BCUT2D eigenvalue weighted by Gasteiger charge is -2.25. The van der Waals surface area contributed by atoms with E-state index in [1.54, 1.807) is 24.3 Å². The van der Waals surface area contributed by atoms with Gasteiger partial charge in [-0.1, -0.05) is 31.9 Å². The van der Waals surface area contributed by atoms with Gasteiger partial charge in [0.15, 0.2) is 0 Å². The first kappa shape index (κ1) is 18.6. The van der Waals surface area contributed by atoms with E-state index in [1.165, 1.54) is 29.4 Å². The number of aromatic nitrogens is 1. The van der Waals surface area contributed by atoms with Crippen molar-refractivity contribution in [1.82, 2.24) is 9.88 Å². The number of hydrogen-bond donors (Lipinski definition) is 2. The van der Waals surface area contributed by atoms with Gasteiger partial charge in [0.05, 0.1) is 11.6 Å². The Morgan fingerprint density at radius 3 is 2.56 bits per heavy atom. The molecule has 0 bridgehead atoms. The molecule has 1 aliphatic rings. The van der Waals surface area contributed by atoms with Gasteiger partial charge < -0.3 is 15.1 Å². The van der Waals surface area contributed by atoms with Gasteiger partial charge in [0.2, 0.25) is 0 Å². The molecule has 0 aliphatic carbocycles. The van der Waals surface area contributed by atoms with Crippen LogP contribution in [0.3, 0.4) is 0 Å². The minimum atomic E-state index is -0.734. The van der Waals surface area contributed by atoms with Crippen LogP contribution in [0.4, 0.5) is 0 Å². The maximum Gasteiger partial charge on any atom is 0.295 e. The normalized spacial score (nSPS) is 18.9. The van der Waals surface area contributed by atoms with Crippen molar-refractivity contribution in [3.05, 3.63) is 65.5 Å². The molecule has 2 aromatic rings. The molecule has 140 valence electrons. The van der Waals surface area contributed by atoms with Crippen molar-refractivity contribution in [3.63, 3.8) is 0 Å². The van der Waals surface area contributed by atoms with Gasteiger partial charge in [-0.05, 0) is 36.2 Å². The van der Waals surface area contributed by atoms with Gasteiger partial charge in [0.25, 0.3) is 11.7 Å². The summed E-state index contributed by atoms with van der Waals surface area (Å²) in [4.78, 5) is 30.8. The van der Waals surface area contributed by atoms with E-state index in [9.17, 15) is 19.8 Å². The predicted molar refractivity (Wildman–Crippen MR) is 101 cm³/mol. The van der Waals surface area contributed by atoms with Gasteiger partial charge in [-0.3, -0.25) is 14.6 Å². The number of unbranched alkanes of at least 4 members (excludes halogenated alkanes) is 2. The molecule has 1 aromatic carbocycles. The molecule has 1 unspecified atom stereocenters. The van der Waals surface area contributed by atoms with Gasteiger partial charge in [0, 0.05) is 24.5 Å². The molecule has 6 heteroatoms. The minimum Gasteiger partial charge on any atom is -0.508 e. The minimum absolute atomic E-state index is 0.0355. The smallest absolute Gasteiger partial charge is 0.295 e. The van der Waals surface area contributed by atoms with Gasteiger partial charge in [-0.2, -0.15) is 0 Å². The highest BCUT2D eigenvalue weighted by Crippen LogP contribution is 2.40. The summed E-state index contributed by atoms with van der Waals surface area (Å²) < 4.78 is 0. The van der Waals surface area contributed by atoms with E-state index < -0.39 is 17.7 Å². The SMILES string of the molecule is CCCCCN1C(=O)C(=O)/C(=C(\O)c2ccncc2)C1c1cccc(O)c1. The molecule has 1 aliphatic heterocycles. The third-order valence-electron chi connectivity index (χ3n) is 4.68. The molecule has 0 saturated carbocycles. The predicted octanol–water partition coefficient (Wildman–Crippen LogP) is 3.40. The second-order valence-electron chi connectivity index (χ2n) is 6.53. The Hall–Kier alpha value is -3.15. The number of rotatable bonds is 6. The average Bonchev–Trinajstić information content (AvgIpc) is 2.93. The number of carbonyl (C=O) groups excluding carboxylic acids is 2. The Morgan fingerprint density at radius 1 is 1.15 bits per heavy atom. The summed E-state index contributed by atoms with van der Waals surface area (Å²) in [6.45, 7) is 2.47. The van der Waals surface area contributed by atoms with Crippen LogP contribution in [0.2, 0.25) is 0 Å². The van der Waals surface area contributed by atoms with E-state index in [2.05, 4.69) is 11.9 Å². The number of amides is 1. The fourth-order valence-corrected chi connectivity index (χ4v) is 3.35. The van der Waals surface area contributed by atoms with Crippen LogP contribution in [-0.2, 0) is 9.59 Å². The van der Waals surface area contributed by atoms with Crippen LogP contribution in [0.15, 0.2) is 54.4 Å². The van der Waals surface area contributed by atoms with E-state index in [0.717, 1.165) is 19.3 Å². The van der Waals surface area contributed by atoms with Crippen molar-refractivity contribution in [2.24, 2.45) is 0 Å². The van der Waals surface area contributed by atoms with Crippen molar-refractivity contribution < 1.29 is 19.8 Å². The third kappa shape index (κ3) is 3.69. The first-order chi connectivity index (χ1) is 13.0.